The summed E-state index contributed by atoms with van der Waals surface area (Å²) >= 11 is 0. The molecule has 2 fully saturated rings. The maximum absolute atomic E-state index is 12.5. The van der Waals surface area contributed by atoms with E-state index in [0.29, 0.717) is 5.75 Å². The summed E-state index contributed by atoms with van der Waals surface area (Å²) in [6.45, 7) is 0. The number of benzene rings is 1. The Balaban J connectivity index is 1.40. The van der Waals surface area contributed by atoms with Gasteiger partial charge in [-0.05, 0) is 37.1 Å². The molecule has 2 bridgehead atoms. The van der Waals surface area contributed by atoms with Gasteiger partial charge in [0.05, 0.1) is 6.20 Å². The molecule has 0 radical (unpaired) electrons. The van der Waals surface area contributed by atoms with Crippen LogP contribution in [0.2, 0.25) is 0 Å². The van der Waals surface area contributed by atoms with Gasteiger partial charge in [0, 0.05) is 31.1 Å². The van der Waals surface area contributed by atoms with E-state index in [-0.39, 0.29) is 24.3 Å². The lowest BCUT2D eigenvalue weighted by Crippen LogP contribution is -2.50. The normalized spacial score (nSPS) is 25.3. The molecule has 124 valence electrons. The predicted octanol–water partition coefficient (Wildman–Crippen LogP) is 3.65. The molecule has 2 aliphatic heterocycles. The summed E-state index contributed by atoms with van der Waals surface area (Å²) in [5.74, 6) is 1.39. The van der Waals surface area contributed by atoms with E-state index in [9.17, 15) is 4.79 Å². The molecule has 3 heterocycles. The molecule has 2 atom stereocenters. The average molecular weight is 324 g/mol. The van der Waals surface area contributed by atoms with E-state index in [1.54, 1.807) is 24.5 Å². The van der Waals surface area contributed by atoms with Crippen molar-refractivity contribution in [3.63, 3.8) is 0 Å². The van der Waals surface area contributed by atoms with Crippen LogP contribution in [-0.2, 0) is 0 Å². The fourth-order valence-electron chi connectivity index (χ4n) is 3.77. The van der Waals surface area contributed by atoms with Gasteiger partial charge in [-0.15, -0.1) is 0 Å². The van der Waals surface area contributed by atoms with E-state index in [4.69, 9.17) is 9.47 Å². The first-order valence-electron chi connectivity index (χ1n) is 8.41. The van der Waals surface area contributed by atoms with Crippen LogP contribution in [0.5, 0.6) is 11.5 Å². The summed E-state index contributed by atoms with van der Waals surface area (Å²) in [4.78, 5) is 18.5. The number of carbonyl (C=O) groups is 1. The summed E-state index contributed by atoms with van der Waals surface area (Å²) in [6.07, 6.45) is 7.07. The van der Waals surface area contributed by atoms with E-state index in [0.717, 1.165) is 31.4 Å². The van der Waals surface area contributed by atoms with Crippen molar-refractivity contribution in [2.45, 2.75) is 43.9 Å². The molecule has 0 saturated carbocycles. The minimum absolute atomic E-state index is 0.132. The van der Waals surface area contributed by atoms with E-state index >= 15 is 0 Å². The van der Waals surface area contributed by atoms with Gasteiger partial charge in [0.15, 0.2) is 0 Å². The number of rotatable bonds is 3. The molecular weight excluding hydrogens is 304 g/mol. The first-order valence-corrected chi connectivity index (χ1v) is 8.41. The number of pyridine rings is 1. The molecular formula is C19H20N2O3. The number of amides is 1. The molecule has 0 aliphatic carbocycles. The van der Waals surface area contributed by atoms with Gasteiger partial charge in [0.1, 0.15) is 17.6 Å². The molecule has 5 heteroatoms. The summed E-state index contributed by atoms with van der Waals surface area (Å²) in [7, 11) is 0. The van der Waals surface area contributed by atoms with Crippen LogP contribution in [-0.4, -0.2) is 34.2 Å². The number of hydrogen-bond donors (Lipinski definition) is 0. The zero-order valence-electron chi connectivity index (χ0n) is 13.4. The molecule has 1 amide bonds. The first-order chi connectivity index (χ1) is 11.8. The van der Waals surface area contributed by atoms with Crippen molar-refractivity contribution in [1.29, 1.82) is 0 Å². The Morgan fingerprint density at radius 1 is 1.00 bits per heavy atom. The highest BCUT2D eigenvalue weighted by Gasteiger charge is 2.45. The summed E-state index contributed by atoms with van der Waals surface area (Å²) in [6, 6.07) is 13.4. The van der Waals surface area contributed by atoms with Crippen LogP contribution in [0, 0.1) is 0 Å². The van der Waals surface area contributed by atoms with Crippen molar-refractivity contribution in [3.8, 4) is 11.5 Å². The van der Waals surface area contributed by atoms with Crippen molar-refractivity contribution < 1.29 is 14.3 Å². The minimum atomic E-state index is -0.242. The molecule has 0 spiro atoms. The van der Waals surface area contributed by atoms with Gasteiger partial charge in [-0.3, -0.25) is 4.98 Å². The predicted molar refractivity (Wildman–Crippen MR) is 89.0 cm³/mol. The van der Waals surface area contributed by atoms with Crippen LogP contribution in [0.3, 0.4) is 0 Å². The molecule has 1 aromatic heterocycles. The van der Waals surface area contributed by atoms with E-state index in [2.05, 4.69) is 4.98 Å². The number of carbonyl (C=O) groups excluding carboxylic acids is 1. The number of fused-ring (bicyclic) bond motifs is 2. The average Bonchev–Trinajstić information content (AvgIpc) is 2.88. The highest BCUT2D eigenvalue weighted by Crippen LogP contribution is 2.37. The number of aromatic nitrogens is 1. The van der Waals surface area contributed by atoms with Gasteiger partial charge in [0.25, 0.3) is 0 Å². The quantitative estimate of drug-likeness (QED) is 0.865. The third-order valence-corrected chi connectivity index (χ3v) is 4.79. The summed E-state index contributed by atoms with van der Waals surface area (Å²) in [5, 5.41) is 0. The van der Waals surface area contributed by atoms with Crippen molar-refractivity contribution >= 4 is 6.09 Å². The maximum Gasteiger partial charge on any atom is 0.415 e. The monoisotopic (exact) mass is 324 g/mol. The standard InChI is InChI=1S/C19H20N2O3/c22-19(24-16-5-2-1-3-6-16)21-14-8-9-15(21)12-18(11-14)23-17-7-4-10-20-13-17/h1-7,10,13-15,18H,8-9,11-12H2/t14-,15-/m0/s1. The number of nitrogens with zero attached hydrogens (tertiary/aromatic N) is 2. The smallest absolute Gasteiger partial charge is 0.415 e. The lowest BCUT2D eigenvalue weighted by molar-refractivity contribution is 0.0526. The molecule has 0 unspecified atom stereocenters. The fourth-order valence-corrected chi connectivity index (χ4v) is 3.77. The van der Waals surface area contributed by atoms with Crippen molar-refractivity contribution in [1.82, 2.24) is 9.88 Å². The van der Waals surface area contributed by atoms with Gasteiger partial charge in [-0.25, -0.2) is 4.79 Å². The molecule has 1 aromatic carbocycles. The van der Waals surface area contributed by atoms with E-state index in [1.807, 2.05) is 35.2 Å². The number of para-hydroxylation sites is 1. The third kappa shape index (κ3) is 3.07. The van der Waals surface area contributed by atoms with E-state index in [1.165, 1.54) is 0 Å². The third-order valence-electron chi connectivity index (χ3n) is 4.79. The second kappa shape index (κ2) is 6.51. The van der Waals surface area contributed by atoms with Gasteiger partial charge in [-0.1, -0.05) is 18.2 Å². The van der Waals surface area contributed by atoms with E-state index < -0.39 is 0 Å². The zero-order valence-corrected chi connectivity index (χ0v) is 13.4. The second-order valence-corrected chi connectivity index (χ2v) is 6.37. The van der Waals surface area contributed by atoms with Crippen LogP contribution in [0.15, 0.2) is 54.9 Å². The topological polar surface area (TPSA) is 51.7 Å². The van der Waals surface area contributed by atoms with Crippen LogP contribution in [0.1, 0.15) is 25.7 Å². The zero-order chi connectivity index (χ0) is 16.4. The Hall–Kier alpha value is -2.56. The minimum Gasteiger partial charge on any atom is -0.489 e. The second-order valence-electron chi connectivity index (χ2n) is 6.37. The Morgan fingerprint density at radius 3 is 2.38 bits per heavy atom. The van der Waals surface area contributed by atoms with Crippen molar-refractivity contribution in [2.75, 3.05) is 0 Å². The Bertz CT molecular complexity index is 678. The lowest BCUT2D eigenvalue weighted by atomic mass is 10.0. The summed E-state index contributed by atoms with van der Waals surface area (Å²) in [5.41, 5.74) is 0. The van der Waals surface area contributed by atoms with Crippen molar-refractivity contribution in [2.24, 2.45) is 0 Å². The molecule has 2 aromatic rings. The summed E-state index contributed by atoms with van der Waals surface area (Å²) < 4.78 is 11.6. The Morgan fingerprint density at radius 2 is 1.71 bits per heavy atom. The van der Waals surface area contributed by atoms with Gasteiger partial charge >= 0.3 is 6.09 Å². The molecule has 4 rings (SSSR count). The van der Waals surface area contributed by atoms with Crippen LogP contribution in [0.4, 0.5) is 4.79 Å². The molecule has 2 saturated heterocycles. The van der Waals surface area contributed by atoms with Gasteiger partial charge < -0.3 is 14.4 Å². The number of hydrogen-bond acceptors (Lipinski definition) is 4. The van der Waals surface area contributed by atoms with Gasteiger partial charge in [-0.2, -0.15) is 0 Å². The first kappa shape index (κ1) is 15.0. The van der Waals surface area contributed by atoms with Crippen LogP contribution < -0.4 is 9.47 Å². The largest absolute Gasteiger partial charge is 0.489 e. The molecule has 2 aliphatic rings. The fraction of sp³-hybridized carbons (Fsp3) is 0.368. The van der Waals surface area contributed by atoms with Crippen LogP contribution >= 0.6 is 0 Å². The maximum atomic E-state index is 12.5. The Kier molecular flexibility index (Phi) is 4.07. The van der Waals surface area contributed by atoms with Crippen LogP contribution in [0.25, 0.3) is 0 Å². The number of ether oxygens (including phenoxy) is 2. The lowest BCUT2D eigenvalue weighted by Gasteiger charge is -2.37. The van der Waals surface area contributed by atoms with Gasteiger partial charge in [0.2, 0.25) is 0 Å². The SMILES string of the molecule is O=C(Oc1ccccc1)N1[C@H]2CC[C@H]1CC(Oc1cccnc1)C2. The Labute approximate surface area is 141 Å². The molecule has 0 N–H and O–H groups in total. The molecule has 24 heavy (non-hydrogen) atoms. The molecule has 5 nitrogen and oxygen atoms in total. The number of piperidine rings is 1. The van der Waals surface area contributed by atoms with Crippen molar-refractivity contribution in [3.05, 3.63) is 54.9 Å². The highest BCUT2D eigenvalue weighted by atomic mass is 16.6. The highest BCUT2D eigenvalue weighted by molar-refractivity contribution is 5.72.